The largest absolute Gasteiger partial charge is 0.419 e. The minimum atomic E-state index is -4.66. The van der Waals surface area contributed by atoms with Crippen LogP contribution in [-0.2, 0) is 19.0 Å². The van der Waals surface area contributed by atoms with Gasteiger partial charge in [0.2, 0.25) is 0 Å². The van der Waals surface area contributed by atoms with E-state index in [2.05, 4.69) is 10.6 Å². The average Bonchev–Trinajstić information content (AvgIpc) is 2.74. The summed E-state index contributed by atoms with van der Waals surface area (Å²) in [5, 5.41) is 15.0. The fraction of sp³-hybridized carbons (Fsp3) is 0.208. The van der Waals surface area contributed by atoms with Gasteiger partial charge in [0.15, 0.2) is 0 Å². The first-order valence-corrected chi connectivity index (χ1v) is 9.95. The molecule has 1 atom stereocenters. The van der Waals surface area contributed by atoms with E-state index in [0.717, 1.165) is 11.1 Å². The van der Waals surface area contributed by atoms with E-state index in [0.29, 0.717) is 30.5 Å². The lowest BCUT2D eigenvalue weighted by atomic mass is 9.88. The summed E-state index contributed by atoms with van der Waals surface area (Å²) in [5.74, 6) is 0. The first-order chi connectivity index (χ1) is 14.8. The Kier molecular flexibility index (Phi) is 5.69. The lowest BCUT2D eigenvalue weighted by Gasteiger charge is -2.24. The van der Waals surface area contributed by atoms with Gasteiger partial charge >= 0.3 is 12.2 Å². The van der Waals surface area contributed by atoms with Crippen molar-refractivity contribution < 1.29 is 23.1 Å². The van der Waals surface area contributed by atoms with Crippen molar-refractivity contribution in [1.82, 2.24) is 0 Å². The smallest absolute Gasteiger partial charge is 0.393 e. The lowest BCUT2D eigenvalue weighted by Crippen LogP contribution is -2.25. The number of urea groups is 1. The van der Waals surface area contributed by atoms with E-state index in [4.69, 9.17) is 0 Å². The normalized spacial score (nSPS) is 15.8. The summed E-state index contributed by atoms with van der Waals surface area (Å²) in [6.45, 7) is 0. The third-order valence-electron chi connectivity index (χ3n) is 5.39. The van der Waals surface area contributed by atoms with E-state index in [9.17, 15) is 23.1 Å². The molecule has 0 radical (unpaired) electrons. The molecule has 3 aromatic carbocycles. The lowest BCUT2D eigenvalue weighted by molar-refractivity contribution is -0.136. The van der Waals surface area contributed by atoms with Gasteiger partial charge in [-0.3, -0.25) is 0 Å². The van der Waals surface area contributed by atoms with Crippen LogP contribution in [0.3, 0.4) is 0 Å². The fourth-order valence-corrected chi connectivity index (χ4v) is 3.98. The fourth-order valence-electron chi connectivity index (χ4n) is 3.98. The first-order valence-electron chi connectivity index (χ1n) is 9.95. The van der Waals surface area contributed by atoms with Gasteiger partial charge in [-0.1, -0.05) is 54.6 Å². The van der Waals surface area contributed by atoms with Crippen molar-refractivity contribution in [2.24, 2.45) is 0 Å². The van der Waals surface area contributed by atoms with Crippen LogP contribution < -0.4 is 10.6 Å². The number of nitrogens with one attached hydrogen (secondary N) is 2. The van der Waals surface area contributed by atoms with Crippen LogP contribution in [0.15, 0.2) is 66.7 Å². The number of carbonyl (C=O) groups is 1. The number of rotatable bonds is 3. The Hall–Kier alpha value is -3.32. The molecule has 0 heterocycles. The Morgan fingerprint density at radius 1 is 0.903 bits per heavy atom. The maximum Gasteiger partial charge on any atom is 0.419 e. The monoisotopic (exact) mass is 426 g/mol. The Bertz CT molecular complexity index is 1100. The van der Waals surface area contributed by atoms with E-state index in [1.807, 2.05) is 6.07 Å². The van der Waals surface area contributed by atoms with Gasteiger partial charge in [-0.25, -0.2) is 4.79 Å². The third-order valence-corrected chi connectivity index (χ3v) is 5.39. The molecule has 0 saturated heterocycles. The van der Waals surface area contributed by atoms with Crippen LogP contribution in [-0.4, -0.2) is 17.2 Å². The topological polar surface area (TPSA) is 61.4 Å². The molecular weight excluding hydrogens is 405 g/mol. The number of hydrogen-bond acceptors (Lipinski definition) is 2. The van der Waals surface area contributed by atoms with Crippen LogP contribution in [0.1, 0.15) is 23.1 Å². The van der Waals surface area contributed by atoms with Gasteiger partial charge in [-0.2, -0.15) is 13.2 Å². The SMILES string of the molecule is O=C(Nc1cccc2c1CC(O)CC2)Nc1cccc(-c2ccccc2)c1C(F)(F)F. The summed E-state index contributed by atoms with van der Waals surface area (Å²) in [6.07, 6.45) is -3.44. The van der Waals surface area contributed by atoms with E-state index >= 15 is 0 Å². The van der Waals surface area contributed by atoms with Gasteiger partial charge in [0.25, 0.3) is 0 Å². The molecule has 4 nitrogen and oxygen atoms in total. The molecule has 0 fully saturated rings. The molecule has 3 aromatic rings. The standard InChI is InChI=1S/C24H21F3N2O2/c25-24(26,27)22-18(15-6-2-1-3-7-15)9-5-11-21(22)29-23(31)28-20-10-4-8-16-12-13-17(30)14-19(16)20/h1-11,17,30H,12-14H2,(H2,28,29,31). The highest BCUT2D eigenvalue weighted by Crippen LogP contribution is 2.41. The van der Waals surface area contributed by atoms with Gasteiger partial charge in [-0.05, 0) is 47.2 Å². The Morgan fingerprint density at radius 2 is 1.58 bits per heavy atom. The second-order valence-corrected chi connectivity index (χ2v) is 7.51. The predicted octanol–water partition coefficient (Wildman–Crippen LogP) is 5.87. The highest BCUT2D eigenvalue weighted by atomic mass is 19.4. The summed E-state index contributed by atoms with van der Waals surface area (Å²) < 4.78 is 41.8. The van der Waals surface area contributed by atoms with Gasteiger partial charge in [0.05, 0.1) is 17.4 Å². The molecule has 160 valence electrons. The second-order valence-electron chi connectivity index (χ2n) is 7.51. The van der Waals surface area contributed by atoms with Crippen LogP contribution in [0.2, 0.25) is 0 Å². The van der Waals surface area contributed by atoms with Crippen LogP contribution in [0.25, 0.3) is 11.1 Å². The molecule has 0 saturated carbocycles. The molecule has 0 aromatic heterocycles. The van der Waals surface area contributed by atoms with Crippen LogP contribution in [0.4, 0.5) is 29.3 Å². The van der Waals surface area contributed by atoms with E-state index in [-0.39, 0.29) is 11.3 Å². The highest BCUT2D eigenvalue weighted by Gasteiger charge is 2.37. The number of carbonyl (C=O) groups excluding carboxylic acids is 1. The molecule has 4 rings (SSSR count). The second kappa shape index (κ2) is 8.43. The van der Waals surface area contributed by atoms with E-state index in [1.165, 1.54) is 18.2 Å². The average molecular weight is 426 g/mol. The molecular formula is C24H21F3N2O2. The quantitative estimate of drug-likeness (QED) is 0.491. The van der Waals surface area contributed by atoms with Gasteiger partial charge < -0.3 is 15.7 Å². The number of aliphatic hydroxyl groups is 1. The van der Waals surface area contributed by atoms with Crippen molar-refractivity contribution in [2.45, 2.75) is 31.5 Å². The summed E-state index contributed by atoms with van der Waals surface area (Å²) >= 11 is 0. The maximum atomic E-state index is 13.9. The number of benzene rings is 3. The summed E-state index contributed by atoms with van der Waals surface area (Å²) in [5.41, 5.74) is 1.49. The van der Waals surface area contributed by atoms with E-state index < -0.39 is 23.9 Å². The Labute approximate surface area is 177 Å². The zero-order valence-corrected chi connectivity index (χ0v) is 16.5. The molecule has 7 heteroatoms. The number of fused-ring (bicyclic) bond motifs is 1. The third kappa shape index (κ3) is 4.56. The molecule has 1 aliphatic carbocycles. The highest BCUT2D eigenvalue weighted by molar-refractivity contribution is 6.01. The molecule has 0 spiro atoms. The van der Waals surface area contributed by atoms with Crippen molar-refractivity contribution in [1.29, 1.82) is 0 Å². The number of alkyl halides is 3. The van der Waals surface area contributed by atoms with Crippen molar-refractivity contribution >= 4 is 17.4 Å². The molecule has 1 aliphatic rings. The van der Waals surface area contributed by atoms with Crippen molar-refractivity contribution in [2.75, 3.05) is 10.6 Å². The molecule has 2 amide bonds. The number of hydrogen-bond donors (Lipinski definition) is 3. The minimum Gasteiger partial charge on any atom is -0.393 e. The summed E-state index contributed by atoms with van der Waals surface area (Å²) in [7, 11) is 0. The van der Waals surface area contributed by atoms with Gasteiger partial charge in [-0.15, -0.1) is 0 Å². The first kappa shape index (κ1) is 20.9. The minimum absolute atomic E-state index is 0.00823. The van der Waals surface area contributed by atoms with Gasteiger partial charge in [0, 0.05) is 12.1 Å². The van der Waals surface area contributed by atoms with Crippen LogP contribution in [0, 0.1) is 0 Å². The van der Waals surface area contributed by atoms with Crippen molar-refractivity contribution in [3.63, 3.8) is 0 Å². The van der Waals surface area contributed by atoms with Crippen LogP contribution >= 0.6 is 0 Å². The molecule has 3 N–H and O–H groups in total. The molecule has 31 heavy (non-hydrogen) atoms. The zero-order chi connectivity index (χ0) is 22.0. The van der Waals surface area contributed by atoms with Crippen LogP contribution in [0.5, 0.6) is 0 Å². The predicted molar refractivity (Wildman–Crippen MR) is 114 cm³/mol. The summed E-state index contributed by atoms with van der Waals surface area (Å²) in [6, 6.07) is 17.0. The Morgan fingerprint density at radius 3 is 2.32 bits per heavy atom. The van der Waals surface area contributed by atoms with E-state index in [1.54, 1.807) is 42.5 Å². The molecule has 1 unspecified atom stereocenters. The molecule has 0 bridgehead atoms. The number of aliphatic hydroxyl groups excluding tert-OH is 1. The Balaban J connectivity index is 1.64. The van der Waals surface area contributed by atoms with Gasteiger partial charge in [0.1, 0.15) is 0 Å². The number of halogens is 3. The van der Waals surface area contributed by atoms with Crippen molar-refractivity contribution in [3.8, 4) is 11.1 Å². The molecule has 0 aliphatic heterocycles. The number of aryl methyl sites for hydroxylation is 1. The maximum absolute atomic E-state index is 13.9. The number of amides is 2. The van der Waals surface area contributed by atoms with Crippen molar-refractivity contribution in [3.05, 3.63) is 83.4 Å². The summed E-state index contributed by atoms with van der Waals surface area (Å²) in [4.78, 5) is 12.6. The zero-order valence-electron chi connectivity index (χ0n) is 16.5. The number of anilines is 2.